The number of carbonyl (C=O) groups excluding carboxylic acids is 2. The highest BCUT2D eigenvalue weighted by Crippen LogP contribution is 2.29. The number of benzene rings is 1. The fourth-order valence-electron chi connectivity index (χ4n) is 3.22. The van der Waals surface area contributed by atoms with E-state index in [1.54, 1.807) is 11.5 Å². The molecule has 0 amide bonds. The molecule has 1 aliphatic heterocycles. The fourth-order valence-corrected chi connectivity index (χ4v) is 4.60. The van der Waals surface area contributed by atoms with Crippen molar-refractivity contribution in [2.75, 3.05) is 6.61 Å². The number of aromatic nitrogens is 2. The summed E-state index contributed by atoms with van der Waals surface area (Å²) in [5.74, 6) is -0.310. The average Bonchev–Trinajstić information content (AvgIpc) is 3.27. The van der Waals surface area contributed by atoms with Gasteiger partial charge >= 0.3 is 5.97 Å². The molecule has 0 unspecified atom stereocenters. The van der Waals surface area contributed by atoms with Crippen molar-refractivity contribution in [3.05, 3.63) is 60.4 Å². The van der Waals surface area contributed by atoms with Crippen LogP contribution in [0.3, 0.4) is 0 Å². The van der Waals surface area contributed by atoms with Gasteiger partial charge in [0, 0.05) is 18.5 Å². The van der Waals surface area contributed by atoms with Crippen LogP contribution < -0.4 is 5.56 Å². The van der Waals surface area contributed by atoms with Crippen molar-refractivity contribution in [2.45, 2.75) is 26.3 Å². The number of esters is 1. The average molecular weight is 437 g/mol. The van der Waals surface area contributed by atoms with Crippen LogP contribution in [0.2, 0.25) is 10.0 Å². The van der Waals surface area contributed by atoms with Crippen LogP contribution in [-0.4, -0.2) is 27.9 Å². The highest BCUT2D eigenvalue weighted by atomic mass is 35.5. The summed E-state index contributed by atoms with van der Waals surface area (Å²) in [6.07, 6.45) is 1.64. The summed E-state index contributed by atoms with van der Waals surface area (Å²) < 4.78 is 6.83. The predicted molar refractivity (Wildman–Crippen MR) is 108 cm³/mol. The van der Waals surface area contributed by atoms with Crippen molar-refractivity contribution in [3.63, 3.8) is 0 Å². The molecule has 0 bridgehead atoms. The van der Waals surface area contributed by atoms with Gasteiger partial charge < -0.3 is 4.74 Å². The Labute approximate surface area is 173 Å². The van der Waals surface area contributed by atoms with E-state index < -0.39 is 18.4 Å². The highest BCUT2D eigenvalue weighted by Gasteiger charge is 2.24. The Kier molecular flexibility index (Phi) is 4.99. The number of fused-ring (bicyclic) bond motifs is 2. The first-order chi connectivity index (χ1) is 13.4. The number of nitrogens with zero attached hydrogens (tertiary/aromatic N) is 2. The van der Waals surface area contributed by atoms with Crippen LogP contribution >= 0.6 is 34.5 Å². The third-order valence-corrected chi connectivity index (χ3v) is 6.58. The number of hydrogen-bond donors (Lipinski definition) is 0. The Bertz CT molecular complexity index is 1200. The zero-order valence-corrected chi connectivity index (χ0v) is 17.1. The minimum Gasteiger partial charge on any atom is -0.453 e. The van der Waals surface area contributed by atoms with E-state index in [1.165, 1.54) is 18.2 Å². The first kappa shape index (κ1) is 19.1. The molecule has 144 valence electrons. The minimum absolute atomic E-state index is 0.128. The Hall–Kier alpha value is -2.22. The summed E-state index contributed by atoms with van der Waals surface area (Å²) in [6, 6.07) is 4.45. The zero-order valence-electron chi connectivity index (χ0n) is 14.8. The van der Waals surface area contributed by atoms with E-state index in [0.29, 0.717) is 32.9 Å². The second-order valence-corrected chi connectivity index (χ2v) is 8.27. The number of halogens is 2. The summed E-state index contributed by atoms with van der Waals surface area (Å²) in [5.41, 5.74) is 0.704. The lowest BCUT2D eigenvalue weighted by molar-refractivity contribution is 0.0479. The van der Waals surface area contributed by atoms with E-state index in [4.69, 9.17) is 27.9 Å². The molecule has 0 fully saturated rings. The number of rotatable bonds is 4. The van der Waals surface area contributed by atoms with Gasteiger partial charge in [-0.05, 0) is 37.1 Å². The van der Waals surface area contributed by atoms with E-state index >= 15 is 0 Å². The molecule has 0 N–H and O–H groups in total. The molecule has 2 aromatic heterocycles. The molecule has 3 heterocycles. The van der Waals surface area contributed by atoms with Gasteiger partial charge in [0.05, 0.1) is 15.4 Å². The lowest BCUT2D eigenvalue weighted by Gasteiger charge is -2.05. The molecule has 1 aromatic carbocycles. The summed E-state index contributed by atoms with van der Waals surface area (Å²) in [6.45, 7) is 1.90. The van der Waals surface area contributed by atoms with Gasteiger partial charge in [-0.2, -0.15) is 0 Å². The molecule has 0 spiro atoms. The van der Waals surface area contributed by atoms with Crippen LogP contribution in [0.4, 0.5) is 0 Å². The summed E-state index contributed by atoms with van der Waals surface area (Å²) in [4.78, 5) is 42.8. The highest BCUT2D eigenvalue weighted by molar-refractivity contribution is 7.20. The SMILES string of the molecule is Cc1c(C(=O)OCC(=O)c2ccc(Cl)c(Cl)c2)sc2nc3n(c(=O)c12)CCC3. The fraction of sp³-hybridized carbons (Fsp3) is 0.263. The first-order valence-corrected chi connectivity index (χ1v) is 10.1. The number of hydrogen-bond acceptors (Lipinski definition) is 6. The Morgan fingerprint density at radius 1 is 1.29 bits per heavy atom. The number of carbonyl (C=O) groups is 2. The largest absolute Gasteiger partial charge is 0.453 e. The first-order valence-electron chi connectivity index (χ1n) is 8.55. The van der Waals surface area contributed by atoms with Gasteiger partial charge in [-0.25, -0.2) is 9.78 Å². The lowest BCUT2D eigenvalue weighted by Crippen LogP contribution is -2.20. The second kappa shape index (κ2) is 7.31. The van der Waals surface area contributed by atoms with Crippen molar-refractivity contribution in [1.82, 2.24) is 9.55 Å². The molecule has 0 saturated heterocycles. The van der Waals surface area contributed by atoms with E-state index in [-0.39, 0.29) is 15.5 Å². The van der Waals surface area contributed by atoms with Crippen molar-refractivity contribution in [3.8, 4) is 0 Å². The molecular weight excluding hydrogens is 423 g/mol. The molecule has 0 radical (unpaired) electrons. The zero-order chi connectivity index (χ0) is 20.0. The predicted octanol–water partition coefficient (Wildman–Crippen LogP) is 4.06. The third kappa shape index (κ3) is 3.23. The number of ether oxygens (including phenoxy) is 1. The minimum atomic E-state index is -0.654. The van der Waals surface area contributed by atoms with Gasteiger partial charge in [-0.1, -0.05) is 23.2 Å². The molecule has 1 aliphatic rings. The number of Topliss-reactive ketones (excluding diaryl/α,β-unsaturated/α-hetero) is 1. The van der Waals surface area contributed by atoms with Gasteiger partial charge in [0.1, 0.15) is 15.5 Å². The second-order valence-electron chi connectivity index (χ2n) is 6.45. The van der Waals surface area contributed by atoms with Crippen LogP contribution in [0.15, 0.2) is 23.0 Å². The summed E-state index contributed by atoms with van der Waals surface area (Å²) >= 11 is 12.9. The molecule has 4 rings (SSSR count). The summed E-state index contributed by atoms with van der Waals surface area (Å²) in [7, 11) is 0. The van der Waals surface area contributed by atoms with Crippen LogP contribution in [0.5, 0.6) is 0 Å². The third-order valence-electron chi connectivity index (χ3n) is 4.67. The van der Waals surface area contributed by atoms with Crippen molar-refractivity contribution < 1.29 is 14.3 Å². The number of ketones is 1. The van der Waals surface area contributed by atoms with Crippen molar-refractivity contribution in [1.29, 1.82) is 0 Å². The van der Waals surface area contributed by atoms with Crippen LogP contribution in [0.1, 0.15) is 37.8 Å². The molecule has 9 heteroatoms. The quantitative estimate of drug-likeness (QED) is 0.455. The van der Waals surface area contributed by atoms with Gasteiger partial charge in [-0.3, -0.25) is 14.2 Å². The molecule has 0 atom stereocenters. The number of aryl methyl sites for hydroxylation is 2. The van der Waals surface area contributed by atoms with Crippen molar-refractivity contribution >= 4 is 56.5 Å². The molecule has 0 saturated carbocycles. The van der Waals surface area contributed by atoms with Crippen LogP contribution in [0, 0.1) is 6.92 Å². The lowest BCUT2D eigenvalue weighted by atomic mass is 10.1. The Morgan fingerprint density at radius 3 is 2.82 bits per heavy atom. The molecular formula is C19H14Cl2N2O4S. The van der Waals surface area contributed by atoms with Gasteiger partial charge in [0.2, 0.25) is 0 Å². The maximum Gasteiger partial charge on any atom is 0.349 e. The normalized spacial score (nSPS) is 13.0. The molecule has 0 aliphatic carbocycles. The maximum absolute atomic E-state index is 12.7. The van der Waals surface area contributed by atoms with Gasteiger partial charge in [0.15, 0.2) is 12.4 Å². The van der Waals surface area contributed by atoms with Gasteiger partial charge in [-0.15, -0.1) is 11.3 Å². The Balaban J connectivity index is 1.57. The van der Waals surface area contributed by atoms with Crippen LogP contribution in [-0.2, 0) is 17.7 Å². The standard InChI is InChI=1S/C19H14Cl2N2O4S/c1-9-15-17(22-14-3-2-6-23(14)18(15)25)28-16(9)19(26)27-8-13(24)10-4-5-11(20)12(21)7-10/h4-5,7H,2-3,6,8H2,1H3. The van der Waals surface area contributed by atoms with E-state index in [2.05, 4.69) is 4.98 Å². The topological polar surface area (TPSA) is 78.3 Å². The monoisotopic (exact) mass is 436 g/mol. The van der Waals surface area contributed by atoms with Gasteiger partial charge in [0.25, 0.3) is 5.56 Å². The number of thiophene rings is 1. The van der Waals surface area contributed by atoms with E-state index in [0.717, 1.165) is 30.0 Å². The smallest absolute Gasteiger partial charge is 0.349 e. The van der Waals surface area contributed by atoms with E-state index in [9.17, 15) is 14.4 Å². The molecule has 6 nitrogen and oxygen atoms in total. The molecule has 3 aromatic rings. The summed E-state index contributed by atoms with van der Waals surface area (Å²) in [5, 5.41) is 1.03. The van der Waals surface area contributed by atoms with E-state index in [1.807, 2.05) is 0 Å². The Morgan fingerprint density at radius 2 is 2.07 bits per heavy atom. The van der Waals surface area contributed by atoms with Crippen molar-refractivity contribution in [2.24, 2.45) is 0 Å². The van der Waals surface area contributed by atoms with Crippen LogP contribution in [0.25, 0.3) is 10.2 Å². The molecule has 28 heavy (non-hydrogen) atoms. The maximum atomic E-state index is 12.7.